The molecular weight excluding hydrogens is 627 g/mol. The van der Waals surface area contributed by atoms with Gasteiger partial charge in [-0.25, -0.2) is 15.0 Å². The van der Waals surface area contributed by atoms with E-state index in [9.17, 15) is 0 Å². The maximum absolute atomic E-state index is 6.64. The van der Waals surface area contributed by atoms with Gasteiger partial charge in [-0.1, -0.05) is 135 Å². The smallest absolute Gasteiger partial charge is 0.167 e. The minimum Gasteiger partial charge on any atom is -0.455 e. The minimum atomic E-state index is -0.326. The molecule has 0 saturated carbocycles. The van der Waals surface area contributed by atoms with Gasteiger partial charge in [0, 0.05) is 43.5 Å². The Morgan fingerprint density at radius 2 is 0.980 bits per heavy atom. The number of para-hydroxylation sites is 3. The lowest BCUT2D eigenvalue weighted by Crippen LogP contribution is -2.15. The predicted octanol–water partition coefficient (Wildman–Crippen LogP) is 12.1. The Labute approximate surface area is 292 Å². The molecule has 0 aliphatic heterocycles. The van der Waals surface area contributed by atoms with Gasteiger partial charge in [0.1, 0.15) is 22.3 Å². The lowest BCUT2D eigenvalue weighted by molar-refractivity contribution is 0.659. The summed E-state index contributed by atoms with van der Waals surface area (Å²) in [6, 6.07) is 48.0. The van der Waals surface area contributed by atoms with E-state index in [4.69, 9.17) is 23.8 Å². The summed E-state index contributed by atoms with van der Waals surface area (Å²) in [4.78, 5) is 15.6. The lowest BCUT2D eigenvalue weighted by atomic mass is 9.79. The van der Waals surface area contributed by atoms with E-state index < -0.39 is 0 Å². The van der Waals surface area contributed by atoms with E-state index in [-0.39, 0.29) is 5.41 Å². The Bertz CT molecular complexity index is 3060. The van der Waals surface area contributed by atoms with E-state index in [1.54, 1.807) is 0 Å². The Kier molecular flexibility index (Phi) is 5.66. The highest BCUT2D eigenvalue weighted by Crippen LogP contribution is 2.58. The van der Waals surface area contributed by atoms with Gasteiger partial charge in [0.25, 0.3) is 0 Å². The van der Waals surface area contributed by atoms with E-state index in [2.05, 4.69) is 92.7 Å². The molecule has 0 fully saturated rings. The van der Waals surface area contributed by atoms with Gasteiger partial charge in [-0.2, -0.15) is 0 Å². The zero-order valence-corrected chi connectivity index (χ0v) is 27.9. The largest absolute Gasteiger partial charge is 0.455 e. The highest BCUT2D eigenvalue weighted by atomic mass is 16.3. The van der Waals surface area contributed by atoms with Crippen molar-refractivity contribution in [3.05, 3.63) is 151 Å². The molecule has 11 rings (SSSR count). The summed E-state index contributed by atoms with van der Waals surface area (Å²) in [5.41, 5.74) is 10.7. The van der Waals surface area contributed by atoms with Gasteiger partial charge < -0.3 is 8.83 Å². The molecule has 3 aromatic heterocycles. The van der Waals surface area contributed by atoms with Gasteiger partial charge in [0.2, 0.25) is 0 Å². The predicted molar refractivity (Wildman–Crippen MR) is 206 cm³/mol. The maximum atomic E-state index is 6.64. The summed E-state index contributed by atoms with van der Waals surface area (Å²) >= 11 is 0. The molecule has 0 bridgehead atoms. The van der Waals surface area contributed by atoms with Crippen LogP contribution in [-0.2, 0) is 5.41 Å². The van der Waals surface area contributed by atoms with Crippen molar-refractivity contribution in [2.24, 2.45) is 0 Å². The molecule has 0 amide bonds. The van der Waals surface area contributed by atoms with Crippen LogP contribution in [0.3, 0.4) is 0 Å². The van der Waals surface area contributed by atoms with Gasteiger partial charge in [-0.05, 0) is 45.8 Å². The zero-order valence-electron chi connectivity index (χ0n) is 27.9. The maximum Gasteiger partial charge on any atom is 0.167 e. The van der Waals surface area contributed by atoms with Gasteiger partial charge in [-0.15, -0.1) is 0 Å². The molecule has 0 unspecified atom stereocenters. The summed E-state index contributed by atoms with van der Waals surface area (Å²) in [7, 11) is 0. The van der Waals surface area contributed by atoms with Crippen LogP contribution in [-0.4, -0.2) is 15.0 Å². The summed E-state index contributed by atoms with van der Waals surface area (Å²) in [6.45, 7) is 4.65. The fourth-order valence-corrected chi connectivity index (χ4v) is 8.45. The van der Waals surface area contributed by atoms with Crippen molar-refractivity contribution in [1.82, 2.24) is 15.0 Å². The topological polar surface area (TPSA) is 65.0 Å². The van der Waals surface area contributed by atoms with E-state index in [1.807, 2.05) is 60.7 Å². The van der Waals surface area contributed by atoms with Crippen LogP contribution in [0.2, 0.25) is 0 Å². The fraction of sp³-hybridized carbons (Fsp3) is 0.0652. The first-order valence-corrected chi connectivity index (χ1v) is 17.3. The molecule has 0 radical (unpaired) electrons. The third-order valence-electron chi connectivity index (χ3n) is 10.7. The van der Waals surface area contributed by atoms with Crippen LogP contribution in [0, 0.1) is 0 Å². The molecule has 10 aromatic rings. The van der Waals surface area contributed by atoms with Crippen molar-refractivity contribution in [3.63, 3.8) is 0 Å². The summed E-state index contributed by atoms with van der Waals surface area (Å²) in [5, 5.41) is 6.65. The van der Waals surface area contributed by atoms with Gasteiger partial charge in [0.05, 0.1) is 5.56 Å². The number of nitrogens with zero attached hydrogens (tertiary/aromatic N) is 3. The Morgan fingerprint density at radius 1 is 0.431 bits per heavy atom. The number of rotatable bonds is 3. The molecule has 0 spiro atoms. The highest BCUT2D eigenvalue weighted by molar-refractivity contribution is 6.24. The van der Waals surface area contributed by atoms with Gasteiger partial charge >= 0.3 is 0 Å². The van der Waals surface area contributed by atoms with Crippen LogP contribution in [0.1, 0.15) is 25.0 Å². The van der Waals surface area contributed by atoms with Gasteiger partial charge in [-0.3, -0.25) is 0 Å². The molecule has 0 saturated heterocycles. The first kappa shape index (κ1) is 28.3. The SMILES string of the molecule is CC1(C)c2cccc(-c3nc(-c4ccccc4)nc(-c4cccc5c4oc4ccccc45)n3)c2-c2c1c1c3ccccc3oc1c1ccccc21. The fourth-order valence-electron chi connectivity index (χ4n) is 8.45. The molecule has 5 nitrogen and oxygen atoms in total. The van der Waals surface area contributed by atoms with Crippen LogP contribution in [0.5, 0.6) is 0 Å². The van der Waals surface area contributed by atoms with Crippen LogP contribution in [0.15, 0.2) is 148 Å². The second kappa shape index (κ2) is 10.2. The molecule has 240 valence electrons. The van der Waals surface area contributed by atoms with Crippen LogP contribution >= 0.6 is 0 Å². The molecule has 3 heterocycles. The summed E-state index contributed by atoms with van der Waals surface area (Å²) < 4.78 is 13.1. The Hall–Kier alpha value is -6.59. The van der Waals surface area contributed by atoms with Crippen LogP contribution < -0.4 is 0 Å². The molecule has 0 N–H and O–H groups in total. The average Bonchev–Trinajstić information content (AvgIpc) is 3.83. The van der Waals surface area contributed by atoms with Gasteiger partial charge in [0.15, 0.2) is 17.5 Å². The molecule has 1 aliphatic carbocycles. The van der Waals surface area contributed by atoms with Crippen molar-refractivity contribution in [3.8, 4) is 45.3 Å². The molecular formula is C46H29N3O2. The van der Waals surface area contributed by atoms with Crippen molar-refractivity contribution < 1.29 is 8.83 Å². The first-order valence-electron chi connectivity index (χ1n) is 17.3. The van der Waals surface area contributed by atoms with E-state index >= 15 is 0 Å². The summed E-state index contributed by atoms with van der Waals surface area (Å²) in [5.74, 6) is 1.80. The van der Waals surface area contributed by atoms with Crippen LogP contribution in [0.25, 0.3) is 99.9 Å². The molecule has 7 aromatic carbocycles. The third-order valence-corrected chi connectivity index (χ3v) is 10.7. The van der Waals surface area contributed by atoms with E-state index in [0.29, 0.717) is 17.5 Å². The average molecular weight is 656 g/mol. The van der Waals surface area contributed by atoms with Crippen molar-refractivity contribution >= 4 is 54.6 Å². The second-order valence-corrected chi connectivity index (χ2v) is 13.9. The summed E-state index contributed by atoms with van der Waals surface area (Å²) in [6.07, 6.45) is 0. The number of fused-ring (bicyclic) bond motifs is 13. The number of aromatic nitrogens is 3. The minimum absolute atomic E-state index is 0.326. The van der Waals surface area contributed by atoms with Crippen molar-refractivity contribution in [2.75, 3.05) is 0 Å². The third kappa shape index (κ3) is 3.89. The molecule has 51 heavy (non-hydrogen) atoms. The van der Waals surface area contributed by atoms with E-state index in [0.717, 1.165) is 71.5 Å². The second-order valence-electron chi connectivity index (χ2n) is 13.9. The quantitative estimate of drug-likeness (QED) is 0.189. The Balaban J connectivity index is 1.24. The van der Waals surface area contributed by atoms with Crippen LogP contribution in [0.4, 0.5) is 0 Å². The standard InChI is InChI=1S/C46H29N3O2/c1-46(2)34-23-13-21-32(37(34)38-28-17-6-7-18-30(28)42-39(40(38)46)31-19-9-11-25-36(31)51-42)44-47-43(26-14-4-3-5-15-26)48-45(49-44)33-22-12-20-29-27-16-8-10-24-35(27)50-41(29)33/h3-25H,1-2H3. The number of hydrogen-bond acceptors (Lipinski definition) is 5. The number of furan rings is 2. The lowest BCUT2D eigenvalue weighted by Gasteiger charge is -2.23. The molecule has 1 aliphatic rings. The highest BCUT2D eigenvalue weighted by Gasteiger charge is 2.41. The molecule has 5 heteroatoms. The van der Waals surface area contributed by atoms with E-state index in [1.165, 1.54) is 22.1 Å². The zero-order chi connectivity index (χ0) is 33.8. The monoisotopic (exact) mass is 655 g/mol. The van der Waals surface area contributed by atoms with Crippen molar-refractivity contribution in [1.29, 1.82) is 0 Å². The molecule has 0 atom stereocenters. The normalized spacial score (nSPS) is 13.5. The van der Waals surface area contributed by atoms with Crippen molar-refractivity contribution in [2.45, 2.75) is 19.3 Å². The number of hydrogen-bond donors (Lipinski definition) is 0. The Morgan fingerprint density at radius 3 is 1.78 bits per heavy atom. The first-order chi connectivity index (χ1) is 25.1. The number of benzene rings is 7.